The molecule has 0 spiro atoms. The van der Waals surface area contributed by atoms with Gasteiger partial charge in [-0.05, 0) is 11.6 Å². The predicted octanol–water partition coefficient (Wildman–Crippen LogP) is 1.30. The Bertz CT molecular complexity index is 607. The SMILES string of the molecule is CS(=O)(=O)c1c(F)cccc1CS(=O)(=O)Cl. The van der Waals surface area contributed by atoms with Crippen molar-refractivity contribution in [3.63, 3.8) is 0 Å². The van der Waals surface area contributed by atoms with E-state index in [1.54, 1.807) is 0 Å². The summed E-state index contributed by atoms with van der Waals surface area (Å²) in [5.74, 6) is -1.71. The number of hydrogen-bond acceptors (Lipinski definition) is 4. The van der Waals surface area contributed by atoms with Gasteiger partial charge in [-0.2, -0.15) is 0 Å². The average Bonchev–Trinajstić information content (AvgIpc) is 1.97. The van der Waals surface area contributed by atoms with Gasteiger partial charge in [-0.25, -0.2) is 21.2 Å². The zero-order valence-electron chi connectivity index (χ0n) is 8.14. The van der Waals surface area contributed by atoms with Crippen LogP contribution < -0.4 is 0 Å². The lowest BCUT2D eigenvalue weighted by Crippen LogP contribution is -2.08. The van der Waals surface area contributed by atoms with Gasteiger partial charge in [0.05, 0.1) is 5.75 Å². The minimum absolute atomic E-state index is 0.169. The molecule has 0 unspecified atom stereocenters. The van der Waals surface area contributed by atoms with E-state index < -0.39 is 35.4 Å². The smallest absolute Gasteiger partial charge is 0.224 e. The second-order valence-corrected chi connectivity index (χ2v) is 7.91. The van der Waals surface area contributed by atoms with Crippen molar-refractivity contribution in [2.24, 2.45) is 0 Å². The summed E-state index contributed by atoms with van der Waals surface area (Å²) in [5, 5.41) is 0. The molecule has 1 aromatic carbocycles. The molecule has 0 amide bonds. The summed E-state index contributed by atoms with van der Waals surface area (Å²) in [6, 6.07) is 3.38. The maximum absolute atomic E-state index is 13.3. The molecular weight excluding hydrogens is 279 g/mol. The van der Waals surface area contributed by atoms with Crippen molar-refractivity contribution in [3.05, 3.63) is 29.6 Å². The first kappa shape index (κ1) is 13.4. The molecule has 0 heterocycles. The van der Waals surface area contributed by atoms with Crippen molar-refractivity contribution in [3.8, 4) is 0 Å². The molecule has 0 fully saturated rings. The molecule has 0 aromatic heterocycles. The van der Waals surface area contributed by atoms with E-state index in [4.69, 9.17) is 10.7 Å². The quantitative estimate of drug-likeness (QED) is 0.786. The van der Waals surface area contributed by atoms with E-state index in [9.17, 15) is 21.2 Å². The fourth-order valence-electron chi connectivity index (χ4n) is 1.27. The van der Waals surface area contributed by atoms with Crippen LogP contribution in [0.4, 0.5) is 4.39 Å². The van der Waals surface area contributed by atoms with E-state index in [1.807, 2.05) is 0 Å². The standard InChI is InChI=1S/C8H8ClFO4S2/c1-15(11,12)8-6(5-16(9,13)14)3-2-4-7(8)10/h2-4H,5H2,1H3. The summed E-state index contributed by atoms with van der Waals surface area (Å²) < 4.78 is 57.5. The summed E-state index contributed by atoms with van der Waals surface area (Å²) >= 11 is 0. The molecule has 0 aliphatic rings. The lowest BCUT2D eigenvalue weighted by atomic mass is 10.2. The molecule has 0 saturated carbocycles. The van der Waals surface area contributed by atoms with Crippen LogP contribution in [0.2, 0.25) is 0 Å². The highest BCUT2D eigenvalue weighted by Gasteiger charge is 2.21. The Morgan fingerprint density at radius 2 is 1.81 bits per heavy atom. The molecule has 8 heteroatoms. The van der Waals surface area contributed by atoms with Crippen LogP contribution in [0, 0.1) is 5.82 Å². The van der Waals surface area contributed by atoms with Gasteiger partial charge in [0.25, 0.3) is 0 Å². The van der Waals surface area contributed by atoms with Gasteiger partial charge in [0, 0.05) is 16.9 Å². The van der Waals surface area contributed by atoms with Crippen LogP contribution in [0.3, 0.4) is 0 Å². The zero-order valence-corrected chi connectivity index (χ0v) is 10.5. The lowest BCUT2D eigenvalue weighted by Gasteiger charge is -2.06. The Kier molecular flexibility index (Phi) is 3.61. The molecule has 0 aliphatic heterocycles. The summed E-state index contributed by atoms with van der Waals surface area (Å²) in [6.45, 7) is 0. The zero-order chi connectivity index (χ0) is 12.6. The van der Waals surface area contributed by atoms with Gasteiger partial charge in [-0.1, -0.05) is 12.1 Å². The van der Waals surface area contributed by atoms with Gasteiger partial charge in [0.15, 0.2) is 9.84 Å². The largest absolute Gasteiger partial charge is 0.236 e. The molecular formula is C8H8ClFO4S2. The Labute approximate surface area is 97.4 Å². The second kappa shape index (κ2) is 4.31. The van der Waals surface area contributed by atoms with Gasteiger partial charge in [-0.15, -0.1) is 0 Å². The van der Waals surface area contributed by atoms with Crippen LogP contribution >= 0.6 is 10.7 Å². The van der Waals surface area contributed by atoms with Crippen LogP contribution in [0.15, 0.2) is 23.1 Å². The maximum Gasteiger partial charge on any atom is 0.236 e. The number of benzene rings is 1. The fraction of sp³-hybridized carbons (Fsp3) is 0.250. The van der Waals surface area contributed by atoms with E-state index in [-0.39, 0.29) is 5.56 Å². The van der Waals surface area contributed by atoms with Crippen molar-refractivity contribution in [1.82, 2.24) is 0 Å². The van der Waals surface area contributed by atoms with Gasteiger partial charge >= 0.3 is 0 Å². The topological polar surface area (TPSA) is 68.3 Å². The second-order valence-electron chi connectivity index (χ2n) is 3.18. The number of sulfone groups is 1. The highest BCUT2D eigenvalue weighted by molar-refractivity contribution is 8.13. The van der Waals surface area contributed by atoms with Crippen LogP contribution in [-0.4, -0.2) is 23.1 Å². The lowest BCUT2D eigenvalue weighted by molar-refractivity contribution is 0.567. The van der Waals surface area contributed by atoms with Gasteiger partial charge in [0.1, 0.15) is 10.7 Å². The Hall–Kier alpha value is -0.660. The molecule has 0 aliphatic carbocycles. The van der Waals surface area contributed by atoms with E-state index in [0.29, 0.717) is 0 Å². The maximum atomic E-state index is 13.3. The van der Waals surface area contributed by atoms with Crippen LogP contribution in [-0.2, 0) is 24.6 Å². The monoisotopic (exact) mass is 286 g/mol. The summed E-state index contributed by atoms with van der Waals surface area (Å²) in [7, 11) is -2.77. The highest BCUT2D eigenvalue weighted by atomic mass is 35.7. The van der Waals surface area contributed by atoms with Crippen LogP contribution in [0.25, 0.3) is 0 Å². The van der Waals surface area contributed by atoms with Crippen LogP contribution in [0.5, 0.6) is 0 Å². The summed E-state index contributed by atoms with van der Waals surface area (Å²) in [4.78, 5) is -0.626. The van der Waals surface area contributed by atoms with Crippen molar-refractivity contribution >= 4 is 29.6 Å². The molecule has 1 aromatic rings. The van der Waals surface area contributed by atoms with Gasteiger partial charge in [-0.3, -0.25) is 0 Å². The molecule has 90 valence electrons. The number of hydrogen-bond donors (Lipinski definition) is 0. The van der Waals surface area contributed by atoms with Gasteiger partial charge in [0.2, 0.25) is 9.05 Å². The van der Waals surface area contributed by atoms with E-state index in [1.165, 1.54) is 12.1 Å². The Morgan fingerprint density at radius 1 is 1.25 bits per heavy atom. The average molecular weight is 287 g/mol. The van der Waals surface area contributed by atoms with E-state index in [0.717, 1.165) is 12.3 Å². The van der Waals surface area contributed by atoms with Crippen molar-refractivity contribution in [1.29, 1.82) is 0 Å². The first-order chi connectivity index (χ1) is 7.11. The third kappa shape index (κ3) is 3.43. The minimum Gasteiger partial charge on any atom is -0.224 e. The summed E-state index contributed by atoms with van der Waals surface area (Å²) in [5.41, 5.74) is -0.169. The molecule has 0 atom stereocenters. The minimum atomic E-state index is -3.94. The number of rotatable bonds is 3. The third-order valence-corrected chi connectivity index (χ3v) is 3.93. The normalized spacial score (nSPS) is 12.7. The highest BCUT2D eigenvalue weighted by Crippen LogP contribution is 2.22. The molecule has 0 bridgehead atoms. The predicted molar refractivity (Wildman–Crippen MR) is 58.0 cm³/mol. The molecule has 0 saturated heterocycles. The van der Waals surface area contributed by atoms with Crippen molar-refractivity contribution < 1.29 is 21.2 Å². The fourth-order valence-corrected chi connectivity index (χ4v) is 3.36. The number of halogens is 2. The third-order valence-electron chi connectivity index (χ3n) is 1.75. The Morgan fingerprint density at radius 3 is 2.25 bits per heavy atom. The Balaban J connectivity index is 3.48. The molecule has 1 rings (SSSR count). The molecule has 4 nitrogen and oxygen atoms in total. The molecule has 0 N–H and O–H groups in total. The van der Waals surface area contributed by atoms with Gasteiger partial charge < -0.3 is 0 Å². The van der Waals surface area contributed by atoms with Crippen molar-refractivity contribution in [2.75, 3.05) is 6.26 Å². The van der Waals surface area contributed by atoms with Crippen molar-refractivity contribution in [2.45, 2.75) is 10.6 Å². The molecule has 0 radical (unpaired) electrons. The van der Waals surface area contributed by atoms with E-state index in [2.05, 4.69) is 0 Å². The van der Waals surface area contributed by atoms with E-state index >= 15 is 0 Å². The van der Waals surface area contributed by atoms with Crippen LogP contribution in [0.1, 0.15) is 5.56 Å². The molecule has 16 heavy (non-hydrogen) atoms. The first-order valence-corrected chi connectivity index (χ1v) is 8.38. The first-order valence-electron chi connectivity index (χ1n) is 4.01. The summed E-state index contributed by atoms with van der Waals surface area (Å²) in [6.07, 6.45) is 0.801.